The number of hydrogen-bond acceptors (Lipinski definition) is 7. The normalized spacial score (nSPS) is 18.0. The lowest BCUT2D eigenvalue weighted by molar-refractivity contribution is -0.127. The highest BCUT2D eigenvalue weighted by atomic mass is 35.5. The zero-order valence-electron chi connectivity index (χ0n) is 25.4. The summed E-state index contributed by atoms with van der Waals surface area (Å²) in [6.45, 7) is 12.2. The minimum absolute atomic E-state index is 0.0220. The van der Waals surface area contributed by atoms with Gasteiger partial charge in [0.2, 0.25) is 5.91 Å². The van der Waals surface area contributed by atoms with Crippen LogP contribution in [0.1, 0.15) is 44.4 Å². The van der Waals surface area contributed by atoms with Crippen LogP contribution in [0.4, 0.5) is 20.3 Å². The zero-order valence-corrected chi connectivity index (χ0v) is 26.1. The predicted octanol–water partition coefficient (Wildman–Crippen LogP) is 5.92. The molecule has 1 saturated heterocycles. The highest BCUT2D eigenvalue weighted by molar-refractivity contribution is 6.39. The van der Waals surface area contributed by atoms with Crippen molar-refractivity contribution in [2.45, 2.75) is 52.1 Å². The monoisotopic (exact) mass is 634 g/mol. The number of amides is 1. The van der Waals surface area contributed by atoms with Crippen LogP contribution in [0.15, 0.2) is 47.9 Å². The van der Waals surface area contributed by atoms with E-state index in [2.05, 4.69) is 21.9 Å². The van der Waals surface area contributed by atoms with E-state index in [0.29, 0.717) is 36.5 Å². The highest BCUT2D eigenvalue weighted by Gasteiger charge is 2.39. The molecule has 4 aromatic rings. The Morgan fingerprint density at radius 3 is 2.67 bits per heavy atom. The molecule has 1 amide bonds. The zero-order chi connectivity index (χ0) is 32.3. The lowest BCUT2D eigenvalue weighted by atomic mass is 9.96. The number of aryl methyl sites for hydroxylation is 1. The fourth-order valence-corrected chi connectivity index (χ4v) is 7.05. The van der Waals surface area contributed by atoms with Crippen LogP contribution in [0.25, 0.3) is 27.7 Å². The Labute approximate surface area is 263 Å². The number of anilines is 2. The fraction of sp³-hybridized carbons (Fsp3) is 0.333. The van der Waals surface area contributed by atoms with Crippen molar-refractivity contribution in [2.75, 3.05) is 29.9 Å². The molecule has 4 heterocycles. The number of fused-ring (bicyclic) bond motifs is 2. The molecule has 0 radical (unpaired) electrons. The van der Waals surface area contributed by atoms with Crippen molar-refractivity contribution in [3.8, 4) is 22.6 Å². The Morgan fingerprint density at radius 1 is 1.22 bits per heavy atom. The van der Waals surface area contributed by atoms with Gasteiger partial charge >= 0.3 is 5.69 Å². The predicted molar refractivity (Wildman–Crippen MR) is 172 cm³/mol. The van der Waals surface area contributed by atoms with Gasteiger partial charge in [-0.1, -0.05) is 38.1 Å². The molecule has 1 fully saturated rings. The summed E-state index contributed by atoms with van der Waals surface area (Å²) in [5, 5.41) is 13.9. The summed E-state index contributed by atoms with van der Waals surface area (Å²) in [6.07, 6.45) is 3.39. The van der Waals surface area contributed by atoms with Gasteiger partial charge in [-0.05, 0) is 56.0 Å². The number of aromatic nitrogens is 3. The van der Waals surface area contributed by atoms with E-state index in [4.69, 9.17) is 11.6 Å². The maximum atomic E-state index is 16.9. The third kappa shape index (κ3) is 4.80. The first kappa shape index (κ1) is 30.5. The third-order valence-corrected chi connectivity index (χ3v) is 9.02. The Balaban J connectivity index is 1.79. The molecule has 0 bridgehead atoms. The molecule has 0 spiro atoms. The number of phenols is 1. The Bertz CT molecular complexity index is 1920. The maximum Gasteiger partial charge on any atom is 0.354 e. The average Bonchev–Trinajstić information content (AvgIpc) is 2.98. The second-order valence-corrected chi connectivity index (χ2v) is 12.3. The minimum atomic E-state index is -0.889. The van der Waals surface area contributed by atoms with Gasteiger partial charge in [-0.15, -0.1) is 0 Å². The Kier molecular flexibility index (Phi) is 7.76. The lowest BCUT2D eigenvalue weighted by Gasteiger charge is -2.47. The first-order chi connectivity index (χ1) is 21.5. The number of carbonyl (C=O) groups excluding carboxylic acids is 1. The third-order valence-electron chi connectivity index (χ3n) is 8.65. The first-order valence-corrected chi connectivity index (χ1v) is 15.2. The number of nitrogens with zero attached hydrogens (tertiary/aromatic N) is 5. The van der Waals surface area contributed by atoms with Crippen LogP contribution in [0, 0.1) is 18.6 Å². The summed E-state index contributed by atoms with van der Waals surface area (Å²) in [7, 11) is 0. The first-order valence-electron chi connectivity index (χ1n) is 14.8. The molecule has 2 aliphatic rings. The van der Waals surface area contributed by atoms with Gasteiger partial charge in [0.05, 0.1) is 44.6 Å². The molecular weight excluding hydrogens is 602 g/mol. The number of rotatable bonds is 4. The SMILES string of the molecule is C=CC(=O)N1CC(C)N2c3nc(=O)n(-c4c(C)ccnc4C(C)C)c4c(Cl)c(-c5c(O)cccc5F)c(F)c(c34)NCCC2C1. The summed E-state index contributed by atoms with van der Waals surface area (Å²) < 4.78 is 33.5. The van der Waals surface area contributed by atoms with Crippen LogP contribution in [0.2, 0.25) is 5.02 Å². The van der Waals surface area contributed by atoms with Gasteiger partial charge in [0.15, 0.2) is 5.82 Å². The smallest absolute Gasteiger partial charge is 0.354 e. The number of hydrogen-bond donors (Lipinski definition) is 2. The van der Waals surface area contributed by atoms with E-state index in [1.807, 2.05) is 32.6 Å². The van der Waals surface area contributed by atoms with Crippen molar-refractivity contribution in [1.29, 1.82) is 0 Å². The standard InChI is InChI=1S/C33H33ClF2N6O3/c1-6-22(44)40-14-18(5)41-19(15-40)11-13-38-29-25-31(26(34)24(27(29)36)23-20(35)8-7-9-21(23)43)42(33(45)39-32(25)41)30-17(4)10-12-37-28(30)16(2)3/h6-10,12,16,18-19,38,43H,1,11,13-15H2,2-5H3. The number of pyridine rings is 1. The average molecular weight is 635 g/mol. The number of piperazine rings is 1. The molecule has 2 unspecified atom stereocenters. The van der Waals surface area contributed by atoms with Crippen LogP contribution < -0.4 is 15.9 Å². The van der Waals surface area contributed by atoms with Gasteiger partial charge in [-0.2, -0.15) is 4.98 Å². The van der Waals surface area contributed by atoms with Gasteiger partial charge in [0.1, 0.15) is 17.4 Å². The van der Waals surface area contributed by atoms with E-state index in [0.717, 1.165) is 6.07 Å². The highest BCUT2D eigenvalue weighted by Crippen LogP contribution is 2.49. The summed E-state index contributed by atoms with van der Waals surface area (Å²) in [5.41, 5.74) is 0.318. The van der Waals surface area contributed by atoms with E-state index in [1.54, 1.807) is 17.2 Å². The largest absolute Gasteiger partial charge is 0.507 e. The van der Waals surface area contributed by atoms with Gasteiger partial charge < -0.3 is 20.2 Å². The van der Waals surface area contributed by atoms with Crippen molar-refractivity contribution in [2.24, 2.45) is 0 Å². The van der Waals surface area contributed by atoms with Gasteiger partial charge in [-0.25, -0.2) is 13.6 Å². The molecule has 6 rings (SSSR count). The van der Waals surface area contributed by atoms with Crippen molar-refractivity contribution >= 4 is 39.9 Å². The molecule has 0 aliphatic carbocycles. The Morgan fingerprint density at radius 2 is 1.98 bits per heavy atom. The quantitative estimate of drug-likeness (QED) is 0.269. The number of nitrogens with one attached hydrogen (secondary N) is 1. The number of halogens is 3. The molecule has 2 aliphatic heterocycles. The maximum absolute atomic E-state index is 16.9. The molecular formula is C33H33ClF2N6O3. The van der Waals surface area contributed by atoms with E-state index < -0.39 is 28.6 Å². The molecule has 9 nitrogen and oxygen atoms in total. The molecule has 12 heteroatoms. The van der Waals surface area contributed by atoms with Crippen LogP contribution in [0.5, 0.6) is 5.75 Å². The van der Waals surface area contributed by atoms with Gasteiger partial charge in [-0.3, -0.25) is 14.3 Å². The minimum Gasteiger partial charge on any atom is -0.507 e. The van der Waals surface area contributed by atoms with Crippen molar-refractivity contribution < 1.29 is 18.7 Å². The number of carbonyl (C=O) groups is 1. The van der Waals surface area contributed by atoms with E-state index in [1.165, 1.54) is 22.8 Å². The molecule has 2 aromatic carbocycles. The van der Waals surface area contributed by atoms with Crippen molar-refractivity contribution in [3.63, 3.8) is 0 Å². The molecule has 45 heavy (non-hydrogen) atoms. The number of benzene rings is 2. The Hall–Kier alpha value is -4.51. The van der Waals surface area contributed by atoms with E-state index in [-0.39, 0.29) is 63.4 Å². The topological polar surface area (TPSA) is 104 Å². The van der Waals surface area contributed by atoms with Crippen LogP contribution in [-0.4, -0.2) is 62.2 Å². The lowest BCUT2D eigenvalue weighted by Crippen LogP contribution is -2.60. The molecule has 0 saturated carbocycles. The van der Waals surface area contributed by atoms with E-state index in [9.17, 15) is 14.7 Å². The van der Waals surface area contributed by atoms with Crippen LogP contribution in [-0.2, 0) is 4.79 Å². The van der Waals surface area contributed by atoms with Crippen molar-refractivity contribution in [3.05, 3.63) is 81.5 Å². The molecule has 2 atom stereocenters. The summed E-state index contributed by atoms with van der Waals surface area (Å²) >= 11 is 7.11. The molecule has 2 N–H and O–H groups in total. The second kappa shape index (κ2) is 11.4. The van der Waals surface area contributed by atoms with Crippen LogP contribution in [0.3, 0.4) is 0 Å². The van der Waals surface area contributed by atoms with E-state index >= 15 is 8.78 Å². The summed E-state index contributed by atoms with van der Waals surface area (Å²) in [6, 6.07) is 4.83. The fourth-order valence-electron chi connectivity index (χ4n) is 6.69. The second-order valence-electron chi connectivity index (χ2n) is 11.9. The summed E-state index contributed by atoms with van der Waals surface area (Å²) in [4.78, 5) is 39.7. The van der Waals surface area contributed by atoms with Crippen LogP contribution >= 0.6 is 11.6 Å². The molecule has 234 valence electrons. The van der Waals surface area contributed by atoms with Crippen molar-refractivity contribution in [1.82, 2.24) is 19.4 Å². The number of aromatic hydroxyl groups is 1. The summed E-state index contributed by atoms with van der Waals surface area (Å²) in [5.74, 6) is -2.40. The van der Waals surface area contributed by atoms with Gasteiger partial charge in [0, 0.05) is 37.4 Å². The van der Waals surface area contributed by atoms with Gasteiger partial charge in [0.25, 0.3) is 0 Å². The molecule has 2 aromatic heterocycles. The number of phenolic OH excluding ortho intramolecular Hbond substituents is 1.